The molecule has 1 N–H and O–H groups in total. The average molecular weight is 284 g/mol. The lowest BCUT2D eigenvalue weighted by Crippen LogP contribution is -2.42. The Morgan fingerprint density at radius 2 is 2.05 bits per heavy atom. The Bertz CT molecular complexity index is 317. The molecular formula is C15H28N2O3. The Kier molecular flexibility index (Phi) is 9.32. The van der Waals surface area contributed by atoms with Crippen molar-refractivity contribution in [2.45, 2.75) is 25.9 Å². The predicted octanol–water partition coefficient (Wildman–Crippen LogP) is 1.74. The van der Waals surface area contributed by atoms with Crippen molar-refractivity contribution in [3.63, 3.8) is 0 Å². The topological polar surface area (TPSA) is 46.9 Å². The number of rotatable bonds is 12. The van der Waals surface area contributed by atoms with Crippen molar-refractivity contribution in [3.8, 4) is 0 Å². The molecule has 20 heavy (non-hydrogen) atoms. The summed E-state index contributed by atoms with van der Waals surface area (Å²) in [6.45, 7) is 7.47. The van der Waals surface area contributed by atoms with Crippen LogP contribution in [0.25, 0.3) is 0 Å². The number of methoxy groups -OCH3 is 2. The van der Waals surface area contributed by atoms with E-state index in [1.165, 1.54) is 0 Å². The van der Waals surface area contributed by atoms with Gasteiger partial charge in [-0.3, -0.25) is 4.90 Å². The standard InChI is InChI=1S/C15H28N2O3/c1-14(12-16-13-15-6-4-10-20-15)17(8-11-19-3)7-5-9-18-2/h4,6,10,14,16H,5,7-9,11-13H2,1-3H3. The van der Waals surface area contributed by atoms with Gasteiger partial charge in [-0.25, -0.2) is 0 Å². The summed E-state index contributed by atoms with van der Waals surface area (Å²) in [5.74, 6) is 0.972. The fourth-order valence-corrected chi connectivity index (χ4v) is 2.12. The lowest BCUT2D eigenvalue weighted by atomic mass is 10.2. The predicted molar refractivity (Wildman–Crippen MR) is 79.8 cm³/mol. The smallest absolute Gasteiger partial charge is 0.117 e. The molecule has 0 aromatic carbocycles. The first-order chi connectivity index (χ1) is 9.77. The molecule has 0 aliphatic rings. The Morgan fingerprint density at radius 3 is 2.70 bits per heavy atom. The van der Waals surface area contributed by atoms with Gasteiger partial charge in [-0.1, -0.05) is 0 Å². The van der Waals surface area contributed by atoms with Crippen LogP contribution in [-0.2, 0) is 16.0 Å². The van der Waals surface area contributed by atoms with Gasteiger partial charge < -0.3 is 19.2 Å². The Labute approximate surface area is 122 Å². The van der Waals surface area contributed by atoms with Gasteiger partial charge in [-0.05, 0) is 25.5 Å². The molecular weight excluding hydrogens is 256 g/mol. The van der Waals surface area contributed by atoms with Gasteiger partial charge in [0, 0.05) is 46.5 Å². The van der Waals surface area contributed by atoms with Gasteiger partial charge >= 0.3 is 0 Å². The van der Waals surface area contributed by atoms with Crippen molar-refractivity contribution in [2.75, 3.05) is 47.1 Å². The number of furan rings is 1. The van der Waals surface area contributed by atoms with E-state index >= 15 is 0 Å². The van der Waals surface area contributed by atoms with E-state index in [0.717, 1.165) is 51.6 Å². The number of ether oxygens (including phenoxy) is 2. The van der Waals surface area contributed by atoms with E-state index in [1.54, 1.807) is 20.5 Å². The third-order valence-electron chi connectivity index (χ3n) is 3.32. The molecule has 5 heteroatoms. The molecule has 0 saturated carbocycles. The second-order valence-electron chi connectivity index (χ2n) is 4.93. The van der Waals surface area contributed by atoms with Crippen molar-refractivity contribution < 1.29 is 13.9 Å². The maximum Gasteiger partial charge on any atom is 0.117 e. The monoisotopic (exact) mass is 284 g/mol. The second-order valence-corrected chi connectivity index (χ2v) is 4.93. The summed E-state index contributed by atoms with van der Waals surface area (Å²) in [5.41, 5.74) is 0. The highest BCUT2D eigenvalue weighted by atomic mass is 16.5. The summed E-state index contributed by atoms with van der Waals surface area (Å²) < 4.78 is 15.6. The van der Waals surface area contributed by atoms with Crippen LogP contribution in [0.15, 0.2) is 22.8 Å². The van der Waals surface area contributed by atoms with Crippen LogP contribution in [-0.4, -0.2) is 58.0 Å². The van der Waals surface area contributed by atoms with E-state index in [-0.39, 0.29) is 0 Å². The van der Waals surface area contributed by atoms with Crippen LogP contribution in [0, 0.1) is 0 Å². The third-order valence-corrected chi connectivity index (χ3v) is 3.32. The Hall–Kier alpha value is -0.880. The van der Waals surface area contributed by atoms with Crippen LogP contribution in [0.5, 0.6) is 0 Å². The summed E-state index contributed by atoms with van der Waals surface area (Å²) in [6.07, 6.45) is 2.75. The molecule has 0 bridgehead atoms. The molecule has 0 radical (unpaired) electrons. The Balaban J connectivity index is 2.26. The first kappa shape index (κ1) is 17.2. The van der Waals surface area contributed by atoms with Crippen molar-refractivity contribution in [1.29, 1.82) is 0 Å². The summed E-state index contributed by atoms with van der Waals surface area (Å²) >= 11 is 0. The van der Waals surface area contributed by atoms with Gasteiger partial charge in [-0.15, -0.1) is 0 Å². The summed E-state index contributed by atoms with van der Waals surface area (Å²) in [6, 6.07) is 4.35. The maximum absolute atomic E-state index is 5.31. The normalized spacial score (nSPS) is 13.0. The molecule has 1 rings (SSSR count). The molecule has 1 heterocycles. The van der Waals surface area contributed by atoms with E-state index in [1.807, 2.05) is 12.1 Å². The van der Waals surface area contributed by atoms with Gasteiger partial charge in [0.25, 0.3) is 0 Å². The van der Waals surface area contributed by atoms with Gasteiger partial charge in [-0.2, -0.15) is 0 Å². The van der Waals surface area contributed by atoms with Crippen molar-refractivity contribution >= 4 is 0 Å². The average Bonchev–Trinajstić information content (AvgIpc) is 2.95. The molecule has 0 spiro atoms. The maximum atomic E-state index is 5.31. The van der Waals surface area contributed by atoms with Gasteiger partial charge in [0.05, 0.1) is 19.4 Å². The number of hydrogen-bond acceptors (Lipinski definition) is 5. The van der Waals surface area contributed by atoms with Gasteiger partial charge in [0.1, 0.15) is 5.76 Å². The molecule has 0 aliphatic carbocycles. The molecule has 116 valence electrons. The van der Waals surface area contributed by atoms with Crippen LogP contribution in [0.2, 0.25) is 0 Å². The van der Waals surface area contributed by atoms with Gasteiger partial charge in [0.2, 0.25) is 0 Å². The zero-order chi connectivity index (χ0) is 14.6. The van der Waals surface area contributed by atoms with Crippen molar-refractivity contribution in [2.24, 2.45) is 0 Å². The lowest BCUT2D eigenvalue weighted by molar-refractivity contribution is 0.110. The molecule has 1 atom stereocenters. The molecule has 1 aromatic rings. The second kappa shape index (κ2) is 10.9. The minimum Gasteiger partial charge on any atom is -0.468 e. The first-order valence-corrected chi connectivity index (χ1v) is 7.23. The van der Waals surface area contributed by atoms with Crippen LogP contribution >= 0.6 is 0 Å². The van der Waals surface area contributed by atoms with Crippen molar-refractivity contribution in [3.05, 3.63) is 24.2 Å². The minimum atomic E-state index is 0.456. The van der Waals surface area contributed by atoms with Crippen LogP contribution < -0.4 is 5.32 Å². The molecule has 0 fully saturated rings. The summed E-state index contributed by atoms with van der Waals surface area (Å²) in [4.78, 5) is 2.43. The molecule has 0 aliphatic heterocycles. The fourth-order valence-electron chi connectivity index (χ4n) is 2.12. The highest BCUT2D eigenvalue weighted by Gasteiger charge is 2.13. The van der Waals surface area contributed by atoms with E-state index < -0.39 is 0 Å². The van der Waals surface area contributed by atoms with Crippen molar-refractivity contribution in [1.82, 2.24) is 10.2 Å². The van der Waals surface area contributed by atoms with E-state index in [9.17, 15) is 0 Å². The number of nitrogens with one attached hydrogen (secondary N) is 1. The molecule has 5 nitrogen and oxygen atoms in total. The van der Waals surface area contributed by atoms with E-state index in [4.69, 9.17) is 13.9 Å². The highest BCUT2D eigenvalue weighted by Crippen LogP contribution is 2.02. The zero-order valence-electron chi connectivity index (χ0n) is 12.9. The first-order valence-electron chi connectivity index (χ1n) is 7.23. The van der Waals surface area contributed by atoms with Crippen LogP contribution in [0.3, 0.4) is 0 Å². The Morgan fingerprint density at radius 1 is 1.25 bits per heavy atom. The van der Waals surface area contributed by atoms with Crippen LogP contribution in [0.1, 0.15) is 19.1 Å². The highest BCUT2D eigenvalue weighted by molar-refractivity contribution is 4.97. The largest absolute Gasteiger partial charge is 0.468 e. The quantitative estimate of drug-likeness (QED) is 0.592. The molecule has 1 aromatic heterocycles. The SMILES string of the molecule is COCCCN(CCOC)C(C)CNCc1ccco1. The number of hydrogen-bond donors (Lipinski definition) is 1. The zero-order valence-corrected chi connectivity index (χ0v) is 12.9. The summed E-state index contributed by atoms with van der Waals surface area (Å²) in [7, 11) is 3.49. The fraction of sp³-hybridized carbons (Fsp3) is 0.733. The minimum absolute atomic E-state index is 0.456. The van der Waals surface area contributed by atoms with E-state index in [0.29, 0.717) is 6.04 Å². The summed E-state index contributed by atoms with van der Waals surface area (Å²) in [5, 5.41) is 3.43. The lowest BCUT2D eigenvalue weighted by Gasteiger charge is -2.29. The molecule has 0 saturated heterocycles. The third kappa shape index (κ3) is 7.05. The van der Waals surface area contributed by atoms with E-state index in [2.05, 4.69) is 17.1 Å². The van der Waals surface area contributed by atoms with Crippen LogP contribution in [0.4, 0.5) is 0 Å². The number of nitrogens with zero attached hydrogens (tertiary/aromatic N) is 1. The van der Waals surface area contributed by atoms with Gasteiger partial charge in [0.15, 0.2) is 0 Å². The molecule has 0 amide bonds. The molecule has 1 unspecified atom stereocenters.